The first-order valence-corrected chi connectivity index (χ1v) is 6.25. The van der Waals surface area contributed by atoms with E-state index in [4.69, 9.17) is 0 Å². The second-order valence-electron chi connectivity index (χ2n) is 4.29. The maximum Gasteiger partial charge on any atom is 0.252 e. The molecule has 0 atom stereocenters. The number of hydrogen-bond acceptors (Lipinski definition) is 3. The van der Waals surface area contributed by atoms with E-state index in [9.17, 15) is 9.18 Å². The van der Waals surface area contributed by atoms with Gasteiger partial charge in [0.1, 0.15) is 17.2 Å². The molecule has 1 aromatic rings. The quantitative estimate of drug-likeness (QED) is 0.838. The lowest BCUT2D eigenvalue weighted by molar-refractivity contribution is -0.122. The molecule has 0 aliphatic carbocycles. The molecule has 0 unspecified atom stereocenters. The van der Waals surface area contributed by atoms with Crippen LogP contribution in [0.3, 0.4) is 0 Å². The molecule has 1 aliphatic heterocycles. The number of nitrogens with one attached hydrogen (secondary N) is 1. The third-order valence-electron chi connectivity index (χ3n) is 2.43. The smallest absolute Gasteiger partial charge is 0.252 e. The summed E-state index contributed by atoms with van der Waals surface area (Å²) in [5, 5.41) is 2.70. The molecule has 1 aliphatic rings. The van der Waals surface area contributed by atoms with Crippen LogP contribution in [0.1, 0.15) is 13.8 Å². The van der Waals surface area contributed by atoms with Crippen molar-refractivity contribution in [3.63, 3.8) is 0 Å². The number of hydrogen-bond donors (Lipinski definition) is 1. The number of halogens is 1. The Morgan fingerprint density at radius 3 is 2.71 bits per heavy atom. The van der Waals surface area contributed by atoms with Crippen LogP contribution in [-0.2, 0) is 4.79 Å². The highest BCUT2D eigenvalue weighted by Gasteiger charge is 2.33. The van der Waals surface area contributed by atoms with Gasteiger partial charge in [0, 0.05) is 4.90 Å². The minimum Gasteiger partial charge on any atom is -0.312 e. The van der Waals surface area contributed by atoms with E-state index in [0.717, 1.165) is 0 Å². The summed E-state index contributed by atoms with van der Waals surface area (Å²) in [6, 6.07) is 6.56. The zero-order chi connectivity index (χ0) is 12.5. The first-order chi connectivity index (χ1) is 7.99. The molecule has 1 amide bonds. The van der Waals surface area contributed by atoms with Crippen molar-refractivity contribution in [1.82, 2.24) is 5.32 Å². The zero-order valence-corrected chi connectivity index (χ0v) is 10.5. The SMILES string of the molecule is CC1(C)N=C(CSc2ccccc2F)NC1=O. The van der Waals surface area contributed by atoms with Crippen LogP contribution in [0.4, 0.5) is 4.39 Å². The van der Waals surface area contributed by atoms with Crippen LogP contribution in [0.5, 0.6) is 0 Å². The highest BCUT2D eigenvalue weighted by atomic mass is 32.2. The Labute approximate surface area is 104 Å². The first kappa shape index (κ1) is 12.1. The summed E-state index contributed by atoms with van der Waals surface area (Å²) in [5.41, 5.74) is -0.703. The number of benzene rings is 1. The summed E-state index contributed by atoms with van der Waals surface area (Å²) < 4.78 is 13.3. The van der Waals surface area contributed by atoms with Gasteiger partial charge in [-0.3, -0.25) is 9.79 Å². The Kier molecular flexibility index (Phi) is 3.19. The van der Waals surface area contributed by atoms with Gasteiger partial charge in [0.25, 0.3) is 5.91 Å². The normalized spacial score (nSPS) is 17.8. The highest BCUT2D eigenvalue weighted by molar-refractivity contribution is 8.00. The fourth-order valence-electron chi connectivity index (χ4n) is 1.48. The summed E-state index contributed by atoms with van der Waals surface area (Å²) in [5.74, 6) is 0.715. The van der Waals surface area contributed by atoms with Crippen LogP contribution >= 0.6 is 11.8 Å². The minimum absolute atomic E-state index is 0.110. The van der Waals surface area contributed by atoms with E-state index in [-0.39, 0.29) is 11.7 Å². The largest absolute Gasteiger partial charge is 0.312 e. The lowest BCUT2D eigenvalue weighted by atomic mass is 10.1. The molecule has 1 N–H and O–H groups in total. The van der Waals surface area contributed by atoms with E-state index < -0.39 is 5.54 Å². The van der Waals surface area contributed by atoms with Gasteiger partial charge in [-0.25, -0.2) is 4.39 Å². The van der Waals surface area contributed by atoms with Gasteiger partial charge in [-0.1, -0.05) is 12.1 Å². The third-order valence-corrected chi connectivity index (χ3v) is 3.49. The molecule has 0 radical (unpaired) electrons. The molecular formula is C12H13FN2OS. The van der Waals surface area contributed by atoms with Crippen LogP contribution in [-0.4, -0.2) is 23.0 Å². The molecule has 90 valence electrons. The van der Waals surface area contributed by atoms with E-state index in [0.29, 0.717) is 16.5 Å². The Morgan fingerprint density at radius 1 is 1.41 bits per heavy atom. The molecule has 0 bridgehead atoms. The second-order valence-corrected chi connectivity index (χ2v) is 5.31. The standard InChI is InChI=1S/C12H13FN2OS/c1-12(2)11(16)14-10(15-12)7-17-9-6-4-3-5-8(9)13/h3-6H,7H2,1-2H3,(H,14,15,16). The van der Waals surface area contributed by atoms with E-state index in [1.54, 1.807) is 32.0 Å². The second kappa shape index (κ2) is 4.49. The molecule has 1 aromatic carbocycles. The molecule has 17 heavy (non-hydrogen) atoms. The molecule has 0 spiro atoms. The minimum atomic E-state index is -0.703. The molecule has 0 fully saturated rings. The Bertz CT molecular complexity index is 485. The van der Waals surface area contributed by atoms with Crippen molar-refractivity contribution in [2.45, 2.75) is 24.3 Å². The molecular weight excluding hydrogens is 239 g/mol. The molecule has 1 heterocycles. The summed E-state index contributed by atoms with van der Waals surface area (Å²) >= 11 is 1.33. The van der Waals surface area contributed by atoms with E-state index in [2.05, 4.69) is 10.3 Å². The monoisotopic (exact) mass is 252 g/mol. The predicted octanol–water partition coefficient (Wildman–Crippen LogP) is 2.22. The maximum atomic E-state index is 13.3. The van der Waals surface area contributed by atoms with Gasteiger partial charge in [0.15, 0.2) is 0 Å². The van der Waals surface area contributed by atoms with Crippen LogP contribution in [0, 0.1) is 5.82 Å². The first-order valence-electron chi connectivity index (χ1n) is 5.26. The van der Waals surface area contributed by atoms with Crippen molar-refractivity contribution < 1.29 is 9.18 Å². The summed E-state index contributed by atoms with van der Waals surface area (Å²) in [7, 11) is 0. The summed E-state index contributed by atoms with van der Waals surface area (Å²) in [4.78, 5) is 16.3. The van der Waals surface area contributed by atoms with E-state index in [1.165, 1.54) is 17.8 Å². The fraction of sp³-hybridized carbons (Fsp3) is 0.333. The van der Waals surface area contributed by atoms with Crippen LogP contribution in [0.2, 0.25) is 0 Å². The summed E-state index contributed by atoms with van der Waals surface area (Å²) in [6.45, 7) is 3.51. The van der Waals surface area contributed by atoms with Crippen LogP contribution in [0.25, 0.3) is 0 Å². The maximum absolute atomic E-state index is 13.3. The average Bonchev–Trinajstić information content (AvgIpc) is 2.52. The van der Waals surface area contributed by atoms with Crippen molar-refractivity contribution in [3.05, 3.63) is 30.1 Å². The van der Waals surface area contributed by atoms with Gasteiger partial charge in [-0.2, -0.15) is 0 Å². The number of nitrogens with zero attached hydrogens (tertiary/aromatic N) is 1. The molecule has 5 heteroatoms. The van der Waals surface area contributed by atoms with Crippen molar-refractivity contribution in [2.75, 3.05) is 5.75 Å². The number of amidine groups is 1. The van der Waals surface area contributed by atoms with Crippen LogP contribution < -0.4 is 5.32 Å². The van der Waals surface area contributed by atoms with Crippen molar-refractivity contribution in [1.29, 1.82) is 0 Å². The van der Waals surface area contributed by atoms with Crippen molar-refractivity contribution in [3.8, 4) is 0 Å². The molecule has 0 saturated heterocycles. The topological polar surface area (TPSA) is 41.5 Å². The number of aliphatic imine (C=N–C) groups is 1. The fourth-order valence-corrected chi connectivity index (χ4v) is 2.29. The molecule has 0 saturated carbocycles. The van der Waals surface area contributed by atoms with Crippen molar-refractivity contribution in [2.24, 2.45) is 4.99 Å². The summed E-state index contributed by atoms with van der Waals surface area (Å²) in [6.07, 6.45) is 0. The van der Waals surface area contributed by atoms with Gasteiger partial charge in [-0.05, 0) is 26.0 Å². The number of amides is 1. The third kappa shape index (κ3) is 2.66. The predicted molar refractivity (Wildman–Crippen MR) is 66.8 cm³/mol. The Hall–Kier alpha value is -1.36. The van der Waals surface area contributed by atoms with Crippen LogP contribution in [0.15, 0.2) is 34.2 Å². The Morgan fingerprint density at radius 2 is 2.12 bits per heavy atom. The number of thioether (sulfide) groups is 1. The average molecular weight is 252 g/mol. The van der Waals surface area contributed by atoms with Gasteiger partial charge in [0.2, 0.25) is 0 Å². The number of carbonyl (C=O) groups is 1. The van der Waals surface area contributed by atoms with Gasteiger partial charge < -0.3 is 5.32 Å². The van der Waals surface area contributed by atoms with Gasteiger partial charge in [0.05, 0.1) is 5.75 Å². The number of rotatable bonds is 3. The number of carbonyl (C=O) groups excluding carboxylic acids is 1. The molecule has 3 nitrogen and oxygen atoms in total. The van der Waals surface area contributed by atoms with Gasteiger partial charge in [-0.15, -0.1) is 11.8 Å². The van der Waals surface area contributed by atoms with Crippen molar-refractivity contribution >= 4 is 23.5 Å². The molecule has 0 aromatic heterocycles. The lowest BCUT2D eigenvalue weighted by Gasteiger charge is -2.07. The van der Waals surface area contributed by atoms with Gasteiger partial charge >= 0.3 is 0 Å². The van der Waals surface area contributed by atoms with E-state index in [1.807, 2.05) is 0 Å². The lowest BCUT2D eigenvalue weighted by Crippen LogP contribution is -2.34. The van der Waals surface area contributed by atoms with E-state index >= 15 is 0 Å². The zero-order valence-electron chi connectivity index (χ0n) is 9.66. The Balaban J connectivity index is 2.01. The highest BCUT2D eigenvalue weighted by Crippen LogP contribution is 2.23. The molecule has 2 rings (SSSR count).